The summed E-state index contributed by atoms with van der Waals surface area (Å²) in [5.41, 5.74) is 0. The van der Waals surface area contributed by atoms with Crippen molar-refractivity contribution in [3.8, 4) is 0 Å². The number of hydrogen-bond donors (Lipinski definition) is 0. The molecule has 0 spiro atoms. The summed E-state index contributed by atoms with van der Waals surface area (Å²) in [4.78, 5) is 0. The van der Waals surface area contributed by atoms with Gasteiger partial charge in [-0.2, -0.15) is 0 Å². The van der Waals surface area contributed by atoms with Crippen LogP contribution in [0.4, 0.5) is 0 Å². The molecule has 0 N–H and O–H groups in total. The van der Waals surface area contributed by atoms with Crippen molar-refractivity contribution in [1.82, 2.24) is 0 Å². The molecule has 0 aromatic rings. The second-order valence-electron chi connectivity index (χ2n) is 0. The molecule has 0 nitrogen and oxygen atoms in total. The van der Waals surface area contributed by atoms with Crippen LogP contribution < -0.4 is 29.6 Å². The smallest absolute Gasteiger partial charge is 1.00 e. The van der Waals surface area contributed by atoms with Gasteiger partial charge in [0.15, 0.2) is 0 Å². The maximum atomic E-state index is 0. The van der Waals surface area contributed by atoms with Gasteiger partial charge in [0, 0.05) is 0 Å². The van der Waals surface area contributed by atoms with Crippen LogP contribution in [0.25, 0.3) is 0 Å². The fourth-order valence-corrected chi connectivity index (χ4v) is 0. The van der Waals surface area contributed by atoms with Crippen molar-refractivity contribution >= 4 is 112 Å². The van der Waals surface area contributed by atoms with Gasteiger partial charge in [-0.05, 0) is 0 Å². The van der Waals surface area contributed by atoms with Gasteiger partial charge in [-0.25, -0.2) is 0 Å². The zero-order chi connectivity index (χ0) is 0. The normalized spacial score (nSPS) is 0. The Bertz CT molecular complexity index is 9.52. The molecule has 10 heavy (non-hydrogen) atoms. The Labute approximate surface area is 141 Å². The summed E-state index contributed by atoms with van der Waals surface area (Å²) >= 11 is 0. The Kier molecular flexibility index (Phi) is 2170. The SMILES string of the molecule is Cl.Cl.Cl.Cl.Cl.Cl.Cl.Cl.Cl.[H-].[Na+]. The van der Waals surface area contributed by atoms with Crippen molar-refractivity contribution in [2.75, 3.05) is 0 Å². The third kappa shape index (κ3) is 100. The first kappa shape index (κ1) is 166. The van der Waals surface area contributed by atoms with Gasteiger partial charge in [-0.3, -0.25) is 0 Å². The number of rotatable bonds is 0. The minimum Gasteiger partial charge on any atom is -1.00 e. The van der Waals surface area contributed by atoms with E-state index in [1.54, 1.807) is 0 Å². The molecule has 0 unspecified atom stereocenters. The zero-order valence-electron chi connectivity index (χ0n) is 5.67. The molecule has 0 aromatic carbocycles. The fraction of sp³-hybridized carbons (Fsp3) is 0. The molecule has 0 rings (SSSR count). The molecule has 0 saturated heterocycles. The number of halogens is 9. The Morgan fingerprint density at radius 1 is 0.300 bits per heavy atom. The first-order valence-corrected chi connectivity index (χ1v) is 0. The molecular weight excluding hydrogens is 342 g/mol. The average Bonchev–Trinajstić information content (AvgIpc) is 0. The third-order valence-electron chi connectivity index (χ3n) is 0. The van der Waals surface area contributed by atoms with Crippen molar-refractivity contribution < 1.29 is 31.0 Å². The van der Waals surface area contributed by atoms with Crippen LogP contribution in [-0.2, 0) is 0 Å². The van der Waals surface area contributed by atoms with Crippen molar-refractivity contribution in [1.29, 1.82) is 0 Å². The van der Waals surface area contributed by atoms with Crippen LogP contribution in [0.15, 0.2) is 0 Å². The van der Waals surface area contributed by atoms with Gasteiger partial charge in [0.25, 0.3) is 0 Å². The Morgan fingerprint density at radius 3 is 0.300 bits per heavy atom. The quantitative estimate of drug-likeness (QED) is 0.569. The van der Waals surface area contributed by atoms with Gasteiger partial charge in [-0.15, -0.1) is 112 Å². The van der Waals surface area contributed by atoms with Crippen LogP contribution in [0.3, 0.4) is 0 Å². The monoisotopic (exact) mass is 348 g/mol. The van der Waals surface area contributed by atoms with E-state index < -0.39 is 0 Å². The molecule has 0 aliphatic heterocycles. The van der Waals surface area contributed by atoms with E-state index in [9.17, 15) is 0 Å². The first-order valence-electron chi connectivity index (χ1n) is 0. The summed E-state index contributed by atoms with van der Waals surface area (Å²) in [5.74, 6) is 0. The van der Waals surface area contributed by atoms with E-state index in [0.717, 1.165) is 0 Å². The van der Waals surface area contributed by atoms with Crippen molar-refractivity contribution in [3.63, 3.8) is 0 Å². The second kappa shape index (κ2) is 130. The van der Waals surface area contributed by atoms with Crippen molar-refractivity contribution in [3.05, 3.63) is 0 Å². The summed E-state index contributed by atoms with van der Waals surface area (Å²) in [7, 11) is 0. The zero-order valence-corrected chi connectivity index (χ0v) is 14.0. The maximum absolute atomic E-state index is 0. The van der Waals surface area contributed by atoms with Gasteiger partial charge in [-0.1, -0.05) is 0 Å². The van der Waals surface area contributed by atoms with Crippen LogP contribution >= 0.6 is 112 Å². The summed E-state index contributed by atoms with van der Waals surface area (Å²) in [6.45, 7) is 0. The molecule has 10 heteroatoms. The summed E-state index contributed by atoms with van der Waals surface area (Å²) in [5, 5.41) is 0. The molecule has 0 aliphatic rings. The Hall–Kier alpha value is 3.61. The molecule has 0 fully saturated rings. The van der Waals surface area contributed by atoms with Crippen LogP contribution in [0, 0.1) is 0 Å². The largest absolute Gasteiger partial charge is 1.00 e. The van der Waals surface area contributed by atoms with Crippen LogP contribution in [0.1, 0.15) is 1.43 Å². The van der Waals surface area contributed by atoms with Gasteiger partial charge in [0.2, 0.25) is 0 Å². The molecule has 0 aromatic heterocycles. The van der Waals surface area contributed by atoms with Gasteiger partial charge < -0.3 is 1.43 Å². The van der Waals surface area contributed by atoms with E-state index in [4.69, 9.17) is 0 Å². The van der Waals surface area contributed by atoms with Crippen LogP contribution in [0.5, 0.6) is 0 Å². The average molecular weight is 352 g/mol. The molecular formula is H10Cl9Na. The predicted molar refractivity (Wildman–Crippen MR) is 66.3 cm³/mol. The second-order valence-corrected chi connectivity index (χ2v) is 0. The van der Waals surface area contributed by atoms with E-state index in [1.165, 1.54) is 0 Å². The minimum atomic E-state index is 0. The number of hydrogen-bond acceptors (Lipinski definition) is 0. The van der Waals surface area contributed by atoms with Gasteiger partial charge in [0.1, 0.15) is 0 Å². The predicted octanol–water partition coefficient (Wildman–Crippen LogP) is 0.913. The van der Waals surface area contributed by atoms with Crippen molar-refractivity contribution in [2.24, 2.45) is 0 Å². The maximum Gasteiger partial charge on any atom is 1.00 e. The molecule has 0 atom stereocenters. The van der Waals surface area contributed by atoms with Gasteiger partial charge in [0.05, 0.1) is 0 Å². The van der Waals surface area contributed by atoms with Crippen molar-refractivity contribution in [2.45, 2.75) is 0 Å². The third-order valence-corrected chi connectivity index (χ3v) is 0. The van der Waals surface area contributed by atoms with E-state index in [-0.39, 0.29) is 143 Å². The molecule has 0 aliphatic carbocycles. The van der Waals surface area contributed by atoms with Crippen LogP contribution in [0.2, 0.25) is 0 Å². The van der Waals surface area contributed by atoms with E-state index in [0.29, 0.717) is 0 Å². The molecule has 0 bridgehead atoms. The van der Waals surface area contributed by atoms with Gasteiger partial charge >= 0.3 is 29.6 Å². The molecule has 0 radical (unpaired) electrons. The molecule has 0 saturated carbocycles. The first-order chi connectivity index (χ1) is 0. The summed E-state index contributed by atoms with van der Waals surface area (Å²) < 4.78 is 0. The topological polar surface area (TPSA) is 0 Å². The molecule has 0 heterocycles. The Balaban J connectivity index is 0. The van der Waals surface area contributed by atoms with E-state index >= 15 is 0 Å². The fourth-order valence-electron chi connectivity index (χ4n) is 0. The Morgan fingerprint density at radius 2 is 0.300 bits per heavy atom. The molecule has 74 valence electrons. The minimum absolute atomic E-state index is 0. The van der Waals surface area contributed by atoms with Crippen LogP contribution in [-0.4, -0.2) is 0 Å². The van der Waals surface area contributed by atoms with E-state index in [1.807, 2.05) is 0 Å². The molecule has 0 amide bonds. The van der Waals surface area contributed by atoms with E-state index in [2.05, 4.69) is 0 Å². The standard InChI is InChI=1S/9ClH.Na.H/h9*1H;;/q;;;;;;;;;+1;-1. The summed E-state index contributed by atoms with van der Waals surface area (Å²) in [6, 6.07) is 0. The summed E-state index contributed by atoms with van der Waals surface area (Å²) in [6.07, 6.45) is 0.